The van der Waals surface area contributed by atoms with Crippen molar-refractivity contribution in [2.75, 3.05) is 18.1 Å². The van der Waals surface area contributed by atoms with E-state index in [0.29, 0.717) is 6.04 Å². The van der Waals surface area contributed by atoms with Gasteiger partial charge in [0.05, 0.1) is 6.20 Å². The molecule has 1 fully saturated rings. The van der Waals surface area contributed by atoms with Crippen LogP contribution in [0.15, 0.2) is 18.5 Å². The second-order valence-corrected chi connectivity index (χ2v) is 4.30. The summed E-state index contributed by atoms with van der Waals surface area (Å²) in [7, 11) is 0. The highest BCUT2D eigenvalue weighted by Crippen LogP contribution is 2.07. The molecule has 14 heavy (non-hydrogen) atoms. The van der Waals surface area contributed by atoms with Crippen LogP contribution >= 0.6 is 0 Å². The molecule has 0 unspecified atom stereocenters. The Hall–Kier alpha value is -0.990. The smallest absolute Gasteiger partial charge is 0.115 e. The van der Waals surface area contributed by atoms with Crippen molar-refractivity contribution in [2.45, 2.75) is 39.2 Å². The SMILES string of the molecule is CC(C)[n+]1cccn1N1CCCCC1. The fourth-order valence-corrected chi connectivity index (χ4v) is 2.08. The first-order chi connectivity index (χ1) is 6.79. The van der Waals surface area contributed by atoms with E-state index in [1.54, 1.807) is 0 Å². The predicted molar refractivity (Wildman–Crippen MR) is 56.8 cm³/mol. The van der Waals surface area contributed by atoms with E-state index in [9.17, 15) is 0 Å². The van der Waals surface area contributed by atoms with Crippen LogP contribution in [0.2, 0.25) is 0 Å². The van der Waals surface area contributed by atoms with Gasteiger partial charge in [0.2, 0.25) is 0 Å². The zero-order chi connectivity index (χ0) is 9.97. The van der Waals surface area contributed by atoms with Crippen LogP contribution in [-0.2, 0) is 0 Å². The maximum absolute atomic E-state index is 2.43. The van der Waals surface area contributed by atoms with Crippen molar-refractivity contribution in [2.24, 2.45) is 0 Å². The van der Waals surface area contributed by atoms with Gasteiger partial charge in [-0.15, -0.1) is 0 Å². The summed E-state index contributed by atoms with van der Waals surface area (Å²) < 4.78 is 2.28. The van der Waals surface area contributed by atoms with E-state index in [1.807, 2.05) is 0 Å². The molecular weight excluding hydrogens is 174 g/mol. The topological polar surface area (TPSA) is 12.0 Å². The maximum atomic E-state index is 2.43. The lowest BCUT2D eigenvalue weighted by Gasteiger charge is -2.24. The van der Waals surface area contributed by atoms with Gasteiger partial charge in [0.25, 0.3) is 0 Å². The summed E-state index contributed by atoms with van der Waals surface area (Å²) in [5, 5.41) is 2.43. The fourth-order valence-electron chi connectivity index (χ4n) is 2.08. The molecule has 1 aromatic rings. The van der Waals surface area contributed by atoms with E-state index in [2.05, 4.69) is 46.8 Å². The summed E-state index contributed by atoms with van der Waals surface area (Å²) in [6.45, 7) is 6.84. The van der Waals surface area contributed by atoms with Gasteiger partial charge in [0, 0.05) is 6.07 Å². The van der Waals surface area contributed by atoms with E-state index in [-0.39, 0.29) is 0 Å². The zero-order valence-electron chi connectivity index (χ0n) is 9.19. The van der Waals surface area contributed by atoms with Crippen molar-refractivity contribution in [1.82, 2.24) is 4.79 Å². The zero-order valence-corrected chi connectivity index (χ0v) is 9.19. The average molecular weight is 194 g/mol. The van der Waals surface area contributed by atoms with Crippen LogP contribution < -0.4 is 9.69 Å². The molecule has 3 nitrogen and oxygen atoms in total. The van der Waals surface area contributed by atoms with Crippen LogP contribution in [0.3, 0.4) is 0 Å². The third-order valence-corrected chi connectivity index (χ3v) is 2.85. The van der Waals surface area contributed by atoms with E-state index in [1.165, 1.54) is 32.4 Å². The quantitative estimate of drug-likeness (QED) is 0.649. The molecule has 78 valence electrons. The molecule has 0 aromatic carbocycles. The van der Waals surface area contributed by atoms with Crippen LogP contribution in [0.1, 0.15) is 39.2 Å². The summed E-state index contributed by atoms with van der Waals surface area (Å²) in [5.41, 5.74) is 0. The van der Waals surface area contributed by atoms with Crippen LogP contribution in [0.5, 0.6) is 0 Å². The van der Waals surface area contributed by atoms with Crippen molar-refractivity contribution in [1.29, 1.82) is 0 Å². The highest BCUT2D eigenvalue weighted by Gasteiger charge is 2.20. The molecule has 0 saturated carbocycles. The van der Waals surface area contributed by atoms with Crippen molar-refractivity contribution in [3.63, 3.8) is 0 Å². The number of hydrogen-bond acceptors (Lipinski definition) is 1. The Morgan fingerprint density at radius 1 is 1.14 bits per heavy atom. The third-order valence-electron chi connectivity index (χ3n) is 2.85. The lowest BCUT2D eigenvalue weighted by molar-refractivity contribution is -0.792. The van der Waals surface area contributed by atoms with Gasteiger partial charge in [-0.1, -0.05) is 4.79 Å². The van der Waals surface area contributed by atoms with Crippen LogP contribution in [0, 0.1) is 0 Å². The van der Waals surface area contributed by atoms with Gasteiger partial charge in [-0.05, 0) is 33.1 Å². The summed E-state index contributed by atoms with van der Waals surface area (Å²) in [5.74, 6) is 0. The Balaban J connectivity index is 2.17. The van der Waals surface area contributed by atoms with E-state index < -0.39 is 0 Å². The average Bonchev–Trinajstić information content (AvgIpc) is 2.67. The predicted octanol–water partition coefficient (Wildman–Crippen LogP) is 1.48. The molecule has 2 rings (SSSR count). The van der Waals surface area contributed by atoms with E-state index in [4.69, 9.17) is 0 Å². The van der Waals surface area contributed by atoms with Crippen molar-refractivity contribution < 1.29 is 4.68 Å². The summed E-state index contributed by atoms with van der Waals surface area (Å²) in [6.07, 6.45) is 8.36. The minimum Gasteiger partial charge on any atom is -0.191 e. The molecule has 0 atom stereocenters. The monoisotopic (exact) mass is 194 g/mol. The van der Waals surface area contributed by atoms with Gasteiger partial charge in [0.1, 0.15) is 25.3 Å². The highest BCUT2D eigenvalue weighted by atomic mass is 15.7. The van der Waals surface area contributed by atoms with Crippen molar-refractivity contribution >= 4 is 0 Å². The first kappa shape index (κ1) is 9.56. The molecular formula is C11H20N3+. The number of hydrogen-bond donors (Lipinski definition) is 0. The Kier molecular flexibility index (Phi) is 2.75. The molecule has 0 aliphatic carbocycles. The van der Waals surface area contributed by atoms with Gasteiger partial charge in [-0.25, -0.2) is 0 Å². The van der Waals surface area contributed by atoms with Gasteiger partial charge in [-0.3, -0.25) is 0 Å². The Morgan fingerprint density at radius 2 is 1.86 bits per heavy atom. The Bertz CT molecular complexity index is 284. The summed E-state index contributed by atoms with van der Waals surface area (Å²) >= 11 is 0. The Labute approximate surface area is 85.9 Å². The Morgan fingerprint density at radius 3 is 2.50 bits per heavy atom. The highest BCUT2D eigenvalue weighted by molar-refractivity contribution is 4.87. The second kappa shape index (κ2) is 4.03. The maximum Gasteiger partial charge on any atom is 0.115 e. The molecule has 1 aromatic heterocycles. The molecule has 2 heterocycles. The molecule has 0 amide bonds. The number of rotatable bonds is 2. The van der Waals surface area contributed by atoms with Gasteiger partial charge in [-0.2, -0.15) is 9.69 Å². The molecule has 0 bridgehead atoms. The fraction of sp³-hybridized carbons (Fsp3) is 0.727. The molecule has 0 spiro atoms. The van der Waals surface area contributed by atoms with Gasteiger partial charge >= 0.3 is 0 Å². The normalized spacial score (nSPS) is 17.8. The van der Waals surface area contributed by atoms with Gasteiger partial charge < -0.3 is 0 Å². The minimum absolute atomic E-state index is 0.534. The molecule has 0 N–H and O–H groups in total. The minimum atomic E-state index is 0.534. The number of nitrogens with zero attached hydrogens (tertiary/aromatic N) is 3. The standard InChI is InChI=1S/C11H20N3/c1-11(2)13-9-6-10-14(13)12-7-4-3-5-8-12/h6,9-11H,3-5,7-8H2,1-2H3/q+1. The summed E-state index contributed by atoms with van der Waals surface area (Å²) in [6, 6.07) is 2.65. The second-order valence-electron chi connectivity index (χ2n) is 4.30. The lowest BCUT2D eigenvalue weighted by Crippen LogP contribution is -2.55. The molecule has 1 aliphatic rings. The van der Waals surface area contributed by atoms with Crippen LogP contribution in [0.25, 0.3) is 0 Å². The number of aromatic nitrogens is 2. The molecule has 3 heteroatoms. The number of piperidine rings is 1. The molecule has 1 aliphatic heterocycles. The lowest BCUT2D eigenvalue weighted by atomic mass is 10.2. The van der Waals surface area contributed by atoms with Gasteiger partial charge in [0.15, 0.2) is 0 Å². The first-order valence-corrected chi connectivity index (χ1v) is 5.63. The van der Waals surface area contributed by atoms with Crippen molar-refractivity contribution in [3.8, 4) is 0 Å². The van der Waals surface area contributed by atoms with Crippen molar-refractivity contribution in [3.05, 3.63) is 18.5 Å². The van der Waals surface area contributed by atoms with E-state index in [0.717, 1.165) is 0 Å². The van der Waals surface area contributed by atoms with Crippen LogP contribution in [-0.4, -0.2) is 17.9 Å². The first-order valence-electron chi connectivity index (χ1n) is 5.63. The van der Waals surface area contributed by atoms with Crippen LogP contribution in [0.4, 0.5) is 0 Å². The third kappa shape index (κ3) is 1.76. The molecule has 1 saturated heterocycles. The largest absolute Gasteiger partial charge is 0.191 e. The van der Waals surface area contributed by atoms with E-state index >= 15 is 0 Å². The summed E-state index contributed by atoms with van der Waals surface area (Å²) in [4.78, 5) is 2.27. The molecule has 0 radical (unpaired) electrons.